The molecule has 6 nitrogen and oxygen atoms in total. The first-order valence-corrected chi connectivity index (χ1v) is 9.97. The minimum Gasteiger partial charge on any atom is -0.485 e. The monoisotopic (exact) mass is 396 g/mol. The van der Waals surface area contributed by atoms with Crippen LogP contribution in [-0.2, 0) is 11.4 Å². The minimum absolute atomic E-state index is 0.0287. The third-order valence-electron chi connectivity index (χ3n) is 4.29. The quantitative estimate of drug-likeness (QED) is 0.571. The van der Waals surface area contributed by atoms with Gasteiger partial charge in [-0.3, -0.25) is 9.36 Å². The third kappa shape index (κ3) is 4.54. The molecule has 0 saturated heterocycles. The van der Waals surface area contributed by atoms with Crippen molar-refractivity contribution in [3.63, 3.8) is 0 Å². The largest absolute Gasteiger partial charge is 0.485 e. The fourth-order valence-corrected chi connectivity index (χ4v) is 3.69. The van der Waals surface area contributed by atoms with Crippen molar-refractivity contribution >= 4 is 17.7 Å². The molecule has 0 aliphatic carbocycles. The molecule has 0 bridgehead atoms. The molecule has 0 atom stereocenters. The number of carbonyl (C=O) groups is 1. The van der Waals surface area contributed by atoms with Gasteiger partial charge < -0.3 is 9.64 Å². The molecule has 28 heavy (non-hydrogen) atoms. The van der Waals surface area contributed by atoms with Crippen LogP contribution < -0.4 is 4.74 Å². The summed E-state index contributed by atoms with van der Waals surface area (Å²) in [6.07, 6.45) is 0. The summed E-state index contributed by atoms with van der Waals surface area (Å²) in [5.41, 5.74) is 3.10. The number of aromatic nitrogens is 3. The Morgan fingerprint density at radius 1 is 1.04 bits per heavy atom. The maximum atomic E-state index is 12.0. The van der Waals surface area contributed by atoms with Crippen molar-refractivity contribution in [3.8, 4) is 11.4 Å². The van der Waals surface area contributed by atoms with E-state index < -0.39 is 0 Å². The predicted octanol–water partition coefficient (Wildman–Crippen LogP) is 3.64. The number of rotatable bonds is 7. The smallest absolute Gasteiger partial charge is 0.232 e. The van der Waals surface area contributed by atoms with Crippen LogP contribution in [0.1, 0.15) is 17.0 Å². The zero-order valence-electron chi connectivity index (χ0n) is 16.5. The van der Waals surface area contributed by atoms with E-state index in [0.29, 0.717) is 16.7 Å². The molecule has 3 aromatic rings. The highest BCUT2D eigenvalue weighted by Gasteiger charge is 2.17. The van der Waals surface area contributed by atoms with E-state index >= 15 is 0 Å². The average Bonchev–Trinajstić information content (AvgIpc) is 3.09. The Labute approximate surface area is 169 Å². The molecule has 0 fully saturated rings. The Morgan fingerprint density at radius 2 is 1.71 bits per heavy atom. The molecule has 146 valence electrons. The van der Waals surface area contributed by atoms with Crippen LogP contribution in [0, 0.1) is 13.8 Å². The summed E-state index contributed by atoms with van der Waals surface area (Å²) in [6, 6.07) is 15.9. The zero-order chi connectivity index (χ0) is 20.1. The molecule has 0 aliphatic rings. The normalized spacial score (nSPS) is 10.7. The standard InChI is InChI=1S/C21H24N4O2S/c1-15-9-8-10-16(2)20(15)27-13-18-22-23-21(28-14-19(26)24(3)4)25(18)17-11-6-5-7-12-17/h5-12H,13-14H2,1-4H3. The second kappa shape index (κ2) is 8.93. The van der Waals surface area contributed by atoms with Crippen molar-refractivity contribution in [2.24, 2.45) is 0 Å². The lowest BCUT2D eigenvalue weighted by molar-refractivity contribution is -0.125. The van der Waals surface area contributed by atoms with Gasteiger partial charge >= 0.3 is 0 Å². The van der Waals surface area contributed by atoms with Crippen LogP contribution in [0.4, 0.5) is 0 Å². The van der Waals surface area contributed by atoms with E-state index in [1.54, 1.807) is 19.0 Å². The van der Waals surface area contributed by atoms with Gasteiger partial charge in [0.25, 0.3) is 0 Å². The lowest BCUT2D eigenvalue weighted by Crippen LogP contribution is -2.23. The number of hydrogen-bond acceptors (Lipinski definition) is 5. The summed E-state index contributed by atoms with van der Waals surface area (Å²) in [6.45, 7) is 4.34. The molecule has 1 aromatic heterocycles. The highest BCUT2D eigenvalue weighted by molar-refractivity contribution is 7.99. The number of carbonyl (C=O) groups excluding carboxylic acids is 1. The number of hydrogen-bond donors (Lipinski definition) is 0. The molecule has 0 radical (unpaired) electrons. The average molecular weight is 397 g/mol. The van der Waals surface area contributed by atoms with E-state index in [2.05, 4.69) is 10.2 Å². The van der Waals surface area contributed by atoms with Crippen molar-refractivity contribution in [2.75, 3.05) is 19.8 Å². The van der Waals surface area contributed by atoms with Gasteiger partial charge in [-0.2, -0.15) is 0 Å². The molecular formula is C21H24N4O2S. The second-order valence-electron chi connectivity index (χ2n) is 6.66. The molecule has 7 heteroatoms. The molecule has 2 aromatic carbocycles. The number of nitrogens with zero attached hydrogens (tertiary/aromatic N) is 4. The van der Waals surface area contributed by atoms with Gasteiger partial charge in [0.05, 0.1) is 5.75 Å². The highest BCUT2D eigenvalue weighted by atomic mass is 32.2. The summed E-state index contributed by atoms with van der Waals surface area (Å²) in [5, 5.41) is 9.31. The van der Waals surface area contributed by atoms with Crippen LogP contribution in [0.3, 0.4) is 0 Å². The maximum absolute atomic E-state index is 12.0. The number of benzene rings is 2. The van der Waals surface area contributed by atoms with Crippen molar-refractivity contribution in [1.29, 1.82) is 0 Å². The van der Waals surface area contributed by atoms with Gasteiger partial charge in [0.1, 0.15) is 12.4 Å². The topological polar surface area (TPSA) is 60.3 Å². The van der Waals surface area contributed by atoms with Gasteiger partial charge in [-0.25, -0.2) is 0 Å². The fraction of sp³-hybridized carbons (Fsp3) is 0.286. The first-order valence-electron chi connectivity index (χ1n) is 8.99. The van der Waals surface area contributed by atoms with Crippen LogP contribution in [0.15, 0.2) is 53.7 Å². The van der Waals surface area contributed by atoms with E-state index in [1.165, 1.54) is 11.8 Å². The summed E-state index contributed by atoms with van der Waals surface area (Å²) < 4.78 is 8.03. The van der Waals surface area contributed by atoms with Crippen LogP contribution in [-0.4, -0.2) is 45.4 Å². The van der Waals surface area contributed by atoms with E-state index in [0.717, 1.165) is 22.6 Å². The molecule has 3 rings (SSSR count). The Bertz CT molecular complexity index is 934. The maximum Gasteiger partial charge on any atom is 0.232 e. The van der Waals surface area contributed by atoms with Gasteiger partial charge in [0.2, 0.25) is 5.91 Å². The molecule has 0 unspecified atom stereocenters. The minimum atomic E-state index is 0.0287. The summed E-state index contributed by atoms with van der Waals surface area (Å²) in [5.74, 6) is 1.88. The van der Waals surface area contributed by atoms with Crippen LogP contribution >= 0.6 is 11.8 Å². The van der Waals surface area contributed by atoms with Gasteiger partial charge in [-0.15, -0.1) is 10.2 Å². The Balaban J connectivity index is 1.87. The first-order chi connectivity index (χ1) is 13.5. The SMILES string of the molecule is Cc1cccc(C)c1OCc1nnc(SCC(=O)N(C)C)n1-c1ccccc1. The van der Waals surface area contributed by atoms with Crippen molar-refractivity contribution in [3.05, 3.63) is 65.5 Å². The Kier molecular flexibility index (Phi) is 6.36. The summed E-state index contributed by atoms with van der Waals surface area (Å²) in [7, 11) is 3.49. The van der Waals surface area contributed by atoms with E-state index in [1.807, 2.05) is 66.9 Å². The zero-order valence-corrected chi connectivity index (χ0v) is 17.4. The highest BCUT2D eigenvalue weighted by Crippen LogP contribution is 2.26. The van der Waals surface area contributed by atoms with Gasteiger partial charge in [0.15, 0.2) is 11.0 Å². The molecule has 1 heterocycles. The fourth-order valence-electron chi connectivity index (χ4n) is 2.74. The van der Waals surface area contributed by atoms with E-state index in [-0.39, 0.29) is 12.5 Å². The number of amides is 1. The second-order valence-corrected chi connectivity index (χ2v) is 7.60. The first kappa shape index (κ1) is 19.9. The van der Waals surface area contributed by atoms with E-state index in [4.69, 9.17) is 4.74 Å². The van der Waals surface area contributed by atoms with Crippen LogP contribution in [0.25, 0.3) is 5.69 Å². The molecule has 1 amide bonds. The predicted molar refractivity (Wildman–Crippen MR) is 111 cm³/mol. The summed E-state index contributed by atoms with van der Waals surface area (Å²) >= 11 is 1.37. The van der Waals surface area contributed by atoms with Crippen molar-refractivity contribution in [2.45, 2.75) is 25.6 Å². The molecule has 0 spiro atoms. The molecule has 0 N–H and O–H groups in total. The van der Waals surface area contributed by atoms with E-state index in [9.17, 15) is 4.79 Å². The van der Waals surface area contributed by atoms with Gasteiger partial charge in [0, 0.05) is 19.8 Å². The van der Waals surface area contributed by atoms with Crippen LogP contribution in [0.2, 0.25) is 0 Å². The Hall–Kier alpha value is -2.80. The van der Waals surface area contributed by atoms with Crippen molar-refractivity contribution in [1.82, 2.24) is 19.7 Å². The van der Waals surface area contributed by atoms with Crippen molar-refractivity contribution < 1.29 is 9.53 Å². The number of thioether (sulfide) groups is 1. The van der Waals surface area contributed by atoms with Gasteiger partial charge in [-0.1, -0.05) is 48.2 Å². The third-order valence-corrected chi connectivity index (χ3v) is 5.21. The molecule has 0 aliphatic heterocycles. The molecular weight excluding hydrogens is 372 g/mol. The molecule has 0 saturated carbocycles. The lowest BCUT2D eigenvalue weighted by atomic mass is 10.1. The van der Waals surface area contributed by atoms with Gasteiger partial charge in [-0.05, 0) is 37.1 Å². The number of ether oxygens (including phenoxy) is 1. The number of para-hydroxylation sites is 2. The number of aryl methyl sites for hydroxylation is 2. The lowest BCUT2D eigenvalue weighted by Gasteiger charge is -2.14. The Morgan fingerprint density at radius 3 is 2.36 bits per heavy atom. The van der Waals surface area contributed by atoms with Crippen LogP contribution in [0.5, 0.6) is 5.75 Å². The summed E-state index contributed by atoms with van der Waals surface area (Å²) in [4.78, 5) is 13.6.